The third kappa shape index (κ3) is 5.18. The molecule has 1 aliphatic heterocycles. The highest BCUT2D eigenvalue weighted by Crippen LogP contribution is 2.39. The fourth-order valence-corrected chi connectivity index (χ4v) is 3.38. The van der Waals surface area contributed by atoms with Crippen LogP contribution in [0.5, 0.6) is 0 Å². The molecule has 140 valence electrons. The van der Waals surface area contributed by atoms with Gasteiger partial charge in [0.15, 0.2) is 6.10 Å². The van der Waals surface area contributed by atoms with Gasteiger partial charge in [0.2, 0.25) is 5.91 Å². The average Bonchev–Trinajstić information content (AvgIpc) is 2.43. The molecule has 1 heterocycles. The van der Waals surface area contributed by atoms with E-state index in [1.165, 1.54) is 4.90 Å². The van der Waals surface area contributed by atoms with Gasteiger partial charge in [-0.15, -0.1) is 0 Å². The quantitative estimate of drug-likeness (QED) is 0.744. The van der Waals surface area contributed by atoms with Crippen LogP contribution in [0.4, 0.5) is 0 Å². The Hall–Kier alpha value is -1.14. The van der Waals surface area contributed by atoms with Crippen molar-refractivity contribution >= 4 is 11.8 Å². The van der Waals surface area contributed by atoms with Gasteiger partial charge in [-0.2, -0.15) is 5.06 Å². The molecule has 0 aliphatic carbocycles. The Morgan fingerprint density at radius 3 is 1.92 bits per heavy atom. The molecule has 1 unspecified atom stereocenters. The van der Waals surface area contributed by atoms with E-state index in [2.05, 4.69) is 27.7 Å². The molecule has 0 aromatic heterocycles. The number of nitrogens with zero attached hydrogens (tertiary/aromatic N) is 3. The Kier molecular flexibility index (Phi) is 6.82. The van der Waals surface area contributed by atoms with Crippen LogP contribution in [0.15, 0.2) is 0 Å². The zero-order valence-corrected chi connectivity index (χ0v) is 16.7. The number of carbonyl (C=O) groups excluding carboxylic acids is 2. The highest BCUT2D eigenvalue weighted by atomic mass is 16.7. The third-order valence-corrected chi connectivity index (χ3v) is 4.74. The maximum absolute atomic E-state index is 12.6. The summed E-state index contributed by atoms with van der Waals surface area (Å²) in [6, 6.07) is 0. The smallest absolute Gasteiger partial charge is 0.253 e. The van der Waals surface area contributed by atoms with Gasteiger partial charge in [-0.1, -0.05) is 0 Å². The summed E-state index contributed by atoms with van der Waals surface area (Å²) in [4.78, 5) is 33.8. The van der Waals surface area contributed by atoms with Gasteiger partial charge >= 0.3 is 0 Å². The van der Waals surface area contributed by atoms with E-state index in [1.807, 2.05) is 5.06 Å². The van der Waals surface area contributed by atoms with Crippen LogP contribution in [0.1, 0.15) is 59.8 Å². The van der Waals surface area contributed by atoms with Crippen LogP contribution in [0.2, 0.25) is 0 Å². The van der Waals surface area contributed by atoms with E-state index in [4.69, 9.17) is 4.84 Å². The van der Waals surface area contributed by atoms with Gasteiger partial charge in [0.05, 0.1) is 0 Å². The average molecular weight is 341 g/mol. The van der Waals surface area contributed by atoms with Gasteiger partial charge < -0.3 is 9.80 Å². The molecule has 0 N–H and O–H groups in total. The first-order valence-electron chi connectivity index (χ1n) is 8.77. The summed E-state index contributed by atoms with van der Waals surface area (Å²) in [6.45, 7) is 8.60. The van der Waals surface area contributed by atoms with Crippen LogP contribution in [0.3, 0.4) is 0 Å². The second-order valence-electron chi connectivity index (χ2n) is 8.43. The molecular formula is C18H35N3O3. The van der Waals surface area contributed by atoms with Crippen LogP contribution in [-0.2, 0) is 14.4 Å². The highest BCUT2D eigenvalue weighted by molar-refractivity contribution is 5.82. The molecule has 1 rings (SSSR count). The summed E-state index contributed by atoms with van der Waals surface area (Å²) in [7, 11) is 6.89. The van der Waals surface area contributed by atoms with E-state index in [1.54, 1.807) is 33.1 Å². The number of piperidine rings is 1. The first-order valence-corrected chi connectivity index (χ1v) is 8.77. The summed E-state index contributed by atoms with van der Waals surface area (Å²) >= 11 is 0. The van der Waals surface area contributed by atoms with E-state index in [0.717, 1.165) is 19.3 Å². The van der Waals surface area contributed by atoms with Crippen molar-refractivity contribution in [3.05, 3.63) is 0 Å². The van der Waals surface area contributed by atoms with Gasteiger partial charge in [-0.25, -0.2) is 0 Å². The van der Waals surface area contributed by atoms with E-state index < -0.39 is 6.10 Å². The molecule has 24 heavy (non-hydrogen) atoms. The van der Waals surface area contributed by atoms with Crippen molar-refractivity contribution in [2.24, 2.45) is 0 Å². The Balaban J connectivity index is 2.94. The van der Waals surface area contributed by atoms with Crippen LogP contribution in [0, 0.1) is 0 Å². The fraction of sp³-hybridized carbons (Fsp3) is 0.889. The topological polar surface area (TPSA) is 53.1 Å². The third-order valence-electron chi connectivity index (χ3n) is 4.74. The normalized spacial score (nSPS) is 21.2. The molecule has 1 fully saturated rings. The molecule has 0 saturated carbocycles. The minimum Gasteiger partial charge on any atom is -0.349 e. The number of rotatable bonds is 6. The molecule has 6 heteroatoms. The van der Waals surface area contributed by atoms with Crippen molar-refractivity contribution in [2.45, 2.75) is 77.0 Å². The second kappa shape index (κ2) is 7.83. The highest BCUT2D eigenvalue weighted by Gasteiger charge is 2.44. The second-order valence-corrected chi connectivity index (χ2v) is 8.43. The lowest BCUT2D eigenvalue weighted by Crippen LogP contribution is -2.60. The predicted molar refractivity (Wildman–Crippen MR) is 95.3 cm³/mol. The van der Waals surface area contributed by atoms with Crippen LogP contribution < -0.4 is 0 Å². The molecule has 2 amide bonds. The molecule has 0 radical (unpaired) electrons. The summed E-state index contributed by atoms with van der Waals surface area (Å²) in [5, 5.41) is 2.00. The standard InChI is InChI=1S/C18H35N3O3/c1-17(2)12-9-13-18(3,4)21(17)24-14(16(23)20(7)8)10-11-15(22)19(5)6/h14H,9-13H2,1-8H3. The first-order chi connectivity index (χ1) is 10.9. The maximum atomic E-state index is 12.6. The van der Waals surface area contributed by atoms with E-state index in [0.29, 0.717) is 12.8 Å². The molecule has 1 atom stereocenters. The summed E-state index contributed by atoms with van der Waals surface area (Å²) in [5.41, 5.74) is -0.281. The van der Waals surface area contributed by atoms with Gasteiger partial charge in [0, 0.05) is 45.7 Å². The first kappa shape index (κ1) is 20.9. The zero-order valence-electron chi connectivity index (χ0n) is 16.7. The molecule has 0 spiro atoms. The summed E-state index contributed by atoms with van der Waals surface area (Å²) < 4.78 is 0. The van der Waals surface area contributed by atoms with Gasteiger partial charge in [0.1, 0.15) is 0 Å². The largest absolute Gasteiger partial charge is 0.349 e. The minimum atomic E-state index is -0.638. The van der Waals surface area contributed by atoms with Crippen molar-refractivity contribution in [3.8, 4) is 0 Å². The summed E-state index contributed by atoms with van der Waals surface area (Å²) in [5.74, 6) is -0.0916. The molecule has 0 aromatic carbocycles. The van der Waals surface area contributed by atoms with Crippen LogP contribution >= 0.6 is 0 Å². The molecule has 1 aliphatic rings. The Morgan fingerprint density at radius 1 is 1.00 bits per heavy atom. The van der Waals surface area contributed by atoms with Crippen molar-refractivity contribution in [3.63, 3.8) is 0 Å². The van der Waals surface area contributed by atoms with E-state index in [9.17, 15) is 9.59 Å². The Bertz CT molecular complexity index is 442. The predicted octanol–water partition coefficient (Wildman–Crippen LogP) is 2.29. The van der Waals surface area contributed by atoms with E-state index in [-0.39, 0.29) is 22.9 Å². The number of hydrogen-bond acceptors (Lipinski definition) is 4. The molecule has 0 bridgehead atoms. The molecular weight excluding hydrogens is 306 g/mol. The number of carbonyl (C=O) groups is 2. The fourth-order valence-electron chi connectivity index (χ4n) is 3.38. The lowest BCUT2D eigenvalue weighted by Gasteiger charge is -2.52. The molecule has 0 aromatic rings. The molecule has 1 saturated heterocycles. The number of hydroxylamine groups is 2. The minimum absolute atomic E-state index is 0.00678. The van der Waals surface area contributed by atoms with Gasteiger partial charge in [-0.05, 0) is 53.4 Å². The van der Waals surface area contributed by atoms with Gasteiger partial charge in [0.25, 0.3) is 5.91 Å². The molecule has 6 nitrogen and oxygen atoms in total. The van der Waals surface area contributed by atoms with Crippen LogP contribution in [-0.4, -0.2) is 72.0 Å². The number of hydrogen-bond donors (Lipinski definition) is 0. The SMILES string of the molecule is CN(C)C(=O)CCC(ON1C(C)(C)CCCC1(C)C)C(=O)N(C)C. The van der Waals surface area contributed by atoms with Crippen molar-refractivity contribution < 1.29 is 14.4 Å². The van der Waals surface area contributed by atoms with Gasteiger partial charge in [-0.3, -0.25) is 14.4 Å². The Morgan fingerprint density at radius 2 is 1.50 bits per heavy atom. The number of amides is 2. The maximum Gasteiger partial charge on any atom is 0.253 e. The summed E-state index contributed by atoms with van der Waals surface area (Å²) in [6.07, 6.45) is 3.24. The monoisotopic (exact) mass is 341 g/mol. The van der Waals surface area contributed by atoms with Crippen molar-refractivity contribution in [2.75, 3.05) is 28.2 Å². The van der Waals surface area contributed by atoms with E-state index >= 15 is 0 Å². The van der Waals surface area contributed by atoms with Crippen molar-refractivity contribution in [1.82, 2.24) is 14.9 Å². The van der Waals surface area contributed by atoms with Crippen LogP contribution in [0.25, 0.3) is 0 Å². The zero-order chi connectivity index (χ0) is 18.7. The Labute approximate surface area is 147 Å². The number of likely N-dealkylation sites (N-methyl/N-ethyl adjacent to an activating group) is 1. The van der Waals surface area contributed by atoms with Crippen molar-refractivity contribution in [1.29, 1.82) is 0 Å². The lowest BCUT2D eigenvalue weighted by molar-refractivity contribution is -0.300. The lowest BCUT2D eigenvalue weighted by atomic mass is 9.82.